The highest BCUT2D eigenvalue weighted by molar-refractivity contribution is 9.10. The molecule has 0 radical (unpaired) electrons. The Balaban J connectivity index is 1.58. The number of thioether (sulfide) groups is 1. The van der Waals surface area contributed by atoms with Gasteiger partial charge in [-0.1, -0.05) is 15.9 Å². The molecule has 1 amide bonds. The summed E-state index contributed by atoms with van der Waals surface area (Å²) in [6.45, 7) is 5.90. The lowest BCUT2D eigenvalue weighted by Crippen LogP contribution is -3.27. The molecule has 1 saturated heterocycles. The smallest absolute Gasteiger partial charge is 0.275 e. The number of amides is 1. The van der Waals surface area contributed by atoms with Crippen LogP contribution in [0.4, 0.5) is 0 Å². The lowest BCUT2D eigenvalue weighted by atomic mass is 10.3. The second kappa shape index (κ2) is 8.78. The number of quaternary nitrogens is 2. The number of hydrogen-bond acceptors (Lipinski definition) is 2. The van der Waals surface area contributed by atoms with Crippen molar-refractivity contribution in [3.8, 4) is 0 Å². The highest BCUT2D eigenvalue weighted by Crippen LogP contribution is 2.19. The van der Waals surface area contributed by atoms with E-state index in [0.29, 0.717) is 6.54 Å². The molecule has 1 aliphatic heterocycles. The van der Waals surface area contributed by atoms with Gasteiger partial charge in [-0.3, -0.25) is 4.79 Å². The third-order valence-corrected chi connectivity index (χ3v) is 5.27. The van der Waals surface area contributed by atoms with Crippen molar-refractivity contribution >= 4 is 33.6 Å². The lowest BCUT2D eigenvalue weighted by Gasteiger charge is -2.26. The van der Waals surface area contributed by atoms with Crippen molar-refractivity contribution in [2.75, 3.05) is 52.1 Å². The van der Waals surface area contributed by atoms with E-state index in [0.717, 1.165) is 29.9 Å². The van der Waals surface area contributed by atoms with Gasteiger partial charge in [0, 0.05) is 21.7 Å². The Labute approximate surface area is 139 Å². The van der Waals surface area contributed by atoms with Crippen LogP contribution < -0.4 is 15.1 Å². The van der Waals surface area contributed by atoms with Crippen LogP contribution in [0.15, 0.2) is 33.6 Å². The van der Waals surface area contributed by atoms with Crippen LogP contribution in [0.5, 0.6) is 0 Å². The average Bonchev–Trinajstić information content (AvgIpc) is 2.48. The van der Waals surface area contributed by atoms with E-state index in [1.54, 1.807) is 16.7 Å². The number of rotatable bonds is 6. The number of likely N-dealkylation sites (N-methyl/N-ethyl adjacent to an activating group) is 1. The molecule has 1 aliphatic rings. The van der Waals surface area contributed by atoms with Crippen LogP contribution in [0.3, 0.4) is 0 Å². The minimum Gasteiger partial charge on any atom is -0.350 e. The topological polar surface area (TPSA) is 38.0 Å². The number of carbonyl (C=O) groups excluding carboxylic acids is 1. The van der Waals surface area contributed by atoms with Gasteiger partial charge in [0.2, 0.25) is 0 Å². The minimum absolute atomic E-state index is 0.181. The second-order valence-corrected chi connectivity index (χ2v) is 7.62. The molecular weight excluding hydrogens is 350 g/mol. The molecule has 3 N–H and O–H groups in total. The van der Waals surface area contributed by atoms with Crippen molar-refractivity contribution in [3.63, 3.8) is 0 Å². The molecule has 4 nitrogen and oxygen atoms in total. The quantitative estimate of drug-likeness (QED) is 0.445. The molecule has 0 saturated carbocycles. The van der Waals surface area contributed by atoms with Crippen molar-refractivity contribution in [1.29, 1.82) is 0 Å². The van der Waals surface area contributed by atoms with E-state index in [1.165, 1.54) is 22.9 Å². The first-order valence-corrected chi connectivity index (χ1v) is 9.21. The molecule has 0 aromatic heterocycles. The van der Waals surface area contributed by atoms with Crippen molar-refractivity contribution in [2.24, 2.45) is 0 Å². The Morgan fingerprint density at radius 1 is 1.24 bits per heavy atom. The number of benzene rings is 1. The molecule has 116 valence electrons. The van der Waals surface area contributed by atoms with Crippen LogP contribution in [-0.4, -0.2) is 58.0 Å². The Morgan fingerprint density at radius 2 is 1.90 bits per heavy atom. The summed E-state index contributed by atoms with van der Waals surface area (Å²) >= 11 is 5.20. The molecular formula is C15H24BrN3OS+2. The number of hydrogen-bond donors (Lipinski definition) is 3. The second-order valence-electron chi connectivity index (χ2n) is 5.54. The molecule has 0 atom stereocenters. The third-order valence-electron chi connectivity index (χ3n) is 3.73. The first-order chi connectivity index (χ1) is 10.1. The fourth-order valence-corrected chi connectivity index (χ4v) is 3.42. The van der Waals surface area contributed by atoms with Crippen LogP contribution in [0.25, 0.3) is 0 Å². The van der Waals surface area contributed by atoms with Crippen molar-refractivity contribution in [1.82, 2.24) is 5.32 Å². The average molecular weight is 374 g/mol. The summed E-state index contributed by atoms with van der Waals surface area (Å²) in [7, 11) is 2.22. The van der Waals surface area contributed by atoms with Crippen LogP contribution >= 0.6 is 27.7 Å². The van der Waals surface area contributed by atoms with Gasteiger partial charge < -0.3 is 15.1 Å². The molecule has 6 heteroatoms. The van der Waals surface area contributed by atoms with Gasteiger partial charge in [0.05, 0.1) is 7.05 Å². The minimum atomic E-state index is 0.181. The van der Waals surface area contributed by atoms with E-state index >= 15 is 0 Å². The van der Waals surface area contributed by atoms with Gasteiger partial charge in [0.15, 0.2) is 6.54 Å². The maximum atomic E-state index is 11.9. The molecule has 1 aromatic carbocycles. The highest BCUT2D eigenvalue weighted by Gasteiger charge is 2.21. The molecule has 1 fully saturated rings. The molecule has 0 unspecified atom stereocenters. The van der Waals surface area contributed by atoms with Crippen molar-refractivity contribution < 1.29 is 14.6 Å². The zero-order chi connectivity index (χ0) is 15.1. The molecule has 0 spiro atoms. The van der Waals surface area contributed by atoms with E-state index in [1.807, 2.05) is 12.1 Å². The van der Waals surface area contributed by atoms with Gasteiger partial charge in [0.1, 0.15) is 26.2 Å². The summed E-state index contributed by atoms with van der Waals surface area (Å²) in [6, 6.07) is 8.26. The number of halogens is 1. The molecule has 0 bridgehead atoms. The van der Waals surface area contributed by atoms with E-state index in [2.05, 4.69) is 40.4 Å². The first-order valence-electron chi connectivity index (χ1n) is 7.43. The standard InChI is InChI=1S/C15H22BrN3OS/c1-18-7-9-19(10-8-18)12-15(20)17-6-11-21-14-4-2-13(16)3-5-14/h2-5H,6-12H2,1H3,(H,17,20)/p+2. The largest absolute Gasteiger partial charge is 0.350 e. The summed E-state index contributed by atoms with van der Waals surface area (Å²) in [5.41, 5.74) is 0. The summed E-state index contributed by atoms with van der Waals surface area (Å²) in [6.07, 6.45) is 0. The fourth-order valence-electron chi connectivity index (χ4n) is 2.39. The summed E-state index contributed by atoms with van der Waals surface area (Å²) in [5, 5.41) is 3.03. The lowest BCUT2D eigenvalue weighted by molar-refractivity contribution is -1.000. The monoisotopic (exact) mass is 373 g/mol. The van der Waals surface area contributed by atoms with Crippen LogP contribution in [0, 0.1) is 0 Å². The van der Waals surface area contributed by atoms with E-state index < -0.39 is 0 Å². The normalized spacial score (nSPS) is 22.0. The van der Waals surface area contributed by atoms with Crippen molar-refractivity contribution in [2.45, 2.75) is 4.90 Å². The molecule has 2 rings (SSSR count). The summed E-state index contributed by atoms with van der Waals surface area (Å²) in [4.78, 5) is 16.1. The van der Waals surface area contributed by atoms with Gasteiger partial charge in [0.25, 0.3) is 5.91 Å². The van der Waals surface area contributed by atoms with E-state index in [9.17, 15) is 4.79 Å². The predicted molar refractivity (Wildman–Crippen MR) is 90.1 cm³/mol. The zero-order valence-corrected chi connectivity index (χ0v) is 14.9. The van der Waals surface area contributed by atoms with Gasteiger partial charge in [-0.05, 0) is 24.3 Å². The summed E-state index contributed by atoms with van der Waals surface area (Å²) in [5.74, 6) is 1.09. The highest BCUT2D eigenvalue weighted by atomic mass is 79.9. The molecule has 1 aromatic rings. The van der Waals surface area contributed by atoms with Gasteiger partial charge in [-0.15, -0.1) is 11.8 Å². The summed E-state index contributed by atoms with van der Waals surface area (Å²) < 4.78 is 1.09. The maximum absolute atomic E-state index is 11.9. The predicted octanol–water partition coefficient (Wildman–Crippen LogP) is -0.929. The third kappa shape index (κ3) is 6.38. The van der Waals surface area contributed by atoms with Crippen LogP contribution in [-0.2, 0) is 4.79 Å². The Hall–Kier alpha value is -0.560. The number of piperazine rings is 1. The van der Waals surface area contributed by atoms with Gasteiger partial charge in [-0.25, -0.2) is 0 Å². The van der Waals surface area contributed by atoms with E-state index in [4.69, 9.17) is 0 Å². The first kappa shape index (κ1) is 16.8. The molecule has 1 heterocycles. The van der Waals surface area contributed by atoms with Gasteiger partial charge in [-0.2, -0.15) is 0 Å². The zero-order valence-electron chi connectivity index (χ0n) is 12.5. The Morgan fingerprint density at radius 3 is 2.57 bits per heavy atom. The van der Waals surface area contributed by atoms with Crippen molar-refractivity contribution in [3.05, 3.63) is 28.7 Å². The Bertz CT molecular complexity index is 447. The van der Waals surface area contributed by atoms with Gasteiger partial charge >= 0.3 is 0 Å². The van der Waals surface area contributed by atoms with Crippen LogP contribution in [0.1, 0.15) is 0 Å². The Kier molecular flexibility index (Phi) is 7.03. The van der Waals surface area contributed by atoms with Crippen LogP contribution in [0.2, 0.25) is 0 Å². The SMILES string of the molecule is C[NH+]1CC[NH+](CC(=O)NCCSc2ccc(Br)cc2)CC1. The number of carbonyl (C=O) groups is 1. The fraction of sp³-hybridized carbons (Fsp3) is 0.533. The molecule has 0 aliphatic carbocycles. The number of nitrogens with one attached hydrogen (secondary N) is 3. The molecule has 21 heavy (non-hydrogen) atoms. The van der Waals surface area contributed by atoms with E-state index in [-0.39, 0.29) is 5.91 Å². The maximum Gasteiger partial charge on any atom is 0.275 e.